The summed E-state index contributed by atoms with van der Waals surface area (Å²) in [7, 11) is 0. The van der Waals surface area contributed by atoms with Crippen molar-refractivity contribution in [3.8, 4) is 0 Å². The topological polar surface area (TPSA) is 61.4 Å². The Morgan fingerprint density at radius 2 is 2.09 bits per heavy atom. The highest BCUT2D eigenvalue weighted by Crippen LogP contribution is 2.19. The molecule has 3 atom stereocenters. The van der Waals surface area contributed by atoms with Crippen molar-refractivity contribution in [1.29, 1.82) is 0 Å². The van der Waals surface area contributed by atoms with E-state index in [1.165, 1.54) is 0 Å². The van der Waals surface area contributed by atoms with E-state index in [9.17, 15) is 9.59 Å². The minimum Gasteiger partial charge on any atom is -0.353 e. The van der Waals surface area contributed by atoms with Crippen LogP contribution in [0.5, 0.6) is 0 Å². The van der Waals surface area contributed by atoms with Gasteiger partial charge in [-0.25, -0.2) is 0 Å². The van der Waals surface area contributed by atoms with Crippen molar-refractivity contribution in [2.45, 2.75) is 70.9 Å². The van der Waals surface area contributed by atoms with E-state index in [4.69, 9.17) is 0 Å². The van der Waals surface area contributed by atoms with E-state index in [-0.39, 0.29) is 36.2 Å². The SMILES string of the molecule is CCCC(C)NC(=O)C1CCCN(C(=O)CC2CCCN2)C1.Cl. The molecule has 0 radical (unpaired) electrons. The number of nitrogens with zero attached hydrogens (tertiary/aromatic N) is 1. The molecule has 5 nitrogen and oxygen atoms in total. The van der Waals surface area contributed by atoms with Crippen molar-refractivity contribution in [3.63, 3.8) is 0 Å². The van der Waals surface area contributed by atoms with E-state index >= 15 is 0 Å². The molecule has 0 aromatic rings. The molecule has 0 saturated carbocycles. The number of hydrogen-bond acceptors (Lipinski definition) is 3. The normalized spacial score (nSPS) is 25.6. The zero-order valence-corrected chi connectivity index (χ0v) is 15.3. The van der Waals surface area contributed by atoms with Crippen molar-refractivity contribution < 1.29 is 9.59 Å². The number of piperidine rings is 1. The molecule has 2 heterocycles. The van der Waals surface area contributed by atoms with Crippen LogP contribution in [0.4, 0.5) is 0 Å². The Balaban J connectivity index is 0.00000264. The van der Waals surface area contributed by atoms with E-state index in [1.54, 1.807) is 0 Å². The van der Waals surface area contributed by atoms with Crippen LogP contribution in [-0.4, -0.2) is 48.4 Å². The fourth-order valence-electron chi connectivity index (χ4n) is 3.55. The fourth-order valence-corrected chi connectivity index (χ4v) is 3.55. The third-order valence-corrected chi connectivity index (χ3v) is 4.84. The van der Waals surface area contributed by atoms with Crippen molar-refractivity contribution >= 4 is 24.2 Å². The molecular formula is C17H32ClN3O2. The van der Waals surface area contributed by atoms with Crippen LogP contribution < -0.4 is 10.6 Å². The molecule has 3 unspecified atom stereocenters. The van der Waals surface area contributed by atoms with Gasteiger partial charge in [-0.05, 0) is 45.6 Å². The van der Waals surface area contributed by atoms with Gasteiger partial charge in [0.05, 0.1) is 5.92 Å². The first-order chi connectivity index (χ1) is 10.6. The molecule has 2 saturated heterocycles. The summed E-state index contributed by atoms with van der Waals surface area (Å²) in [6.07, 6.45) is 6.76. The maximum absolute atomic E-state index is 12.4. The molecule has 0 aromatic carbocycles. The molecule has 6 heteroatoms. The molecule has 134 valence electrons. The summed E-state index contributed by atoms with van der Waals surface area (Å²) < 4.78 is 0. The lowest BCUT2D eigenvalue weighted by Gasteiger charge is -2.33. The summed E-state index contributed by atoms with van der Waals surface area (Å²) >= 11 is 0. The number of likely N-dealkylation sites (tertiary alicyclic amines) is 1. The van der Waals surface area contributed by atoms with Gasteiger partial charge in [-0.3, -0.25) is 9.59 Å². The van der Waals surface area contributed by atoms with Crippen LogP contribution >= 0.6 is 12.4 Å². The minimum atomic E-state index is -0.0338. The first-order valence-corrected chi connectivity index (χ1v) is 8.91. The number of halogens is 1. The summed E-state index contributed by atoms with van der Waals surface area (Å²) in [5.74, 6) is 0.296. The number of carbonyl (C=O) groups excluding carboxylic acids is 2. The number of carbonyl (C=O) groups is 2. The average Bonchev–Trinajstić information content (AvgIpc) is 3.00. The summed E-state index contributed by atoms with van der Waals surface area (Å²) in [4.78, 5) is 26.6. The van der Waals surface area contributed by atoms with Crippen LogP contribution in [0, 0.1) is 5.92 Å². The molecular weight excluding hydrogens is 314 g/mol. The van der Waals surface area contributed by atoms with Gasteiger partial charge >= 0.3 is 0 Å². The Morgan fingerprint density at radius 1 is 1.30 bits per heavy atom. The number of nitrogens with one attached hydrogen (secondary N) is 2. The molecule has 0 aliphatic carbocycles. The highest BCUT2D eigenvalue weighted by atomic mass is 35.5. The molecule has 2 fully saturated rings. The van der Waals surface area contributed by atoms with Gasteiger partial charge in [0.1, 0.15) is 0 Å². The summed E-state index contributed by atoms with van der Waals surface area (Å²) in [5.41, 5.74) is 0. The van der Waals surface area contributed by atoms with Crippen LogP contribution in [0.3, 0.4) is 0 Å². The van der Waals surface area contributed by atoms with Gasteiger partial charge in [-0.1, -0.05) is 13.3 Å². The van der Waals surface area contributed by atoms with Crippen LogP contribution in [-0.2, 0) is 9.59 Å². The molecule has 0 spiro atoms. The van der Waals surface area contributed by atoms with E-state index in [2.05, 4.69) is 24.5 Å². The predicted molar refractivity (Wildman–Crippen MR) is 94.7 cm³/mol. The third kappa shape index (κ3) is 6.30. The highest BCUT2D eigenvalue weighted by molar-refractivity contribution is 5.85. The molecule has 2 aliphatic heterocycles. The largest absolute Gasteiger partial charge is 0.353 e. The predicted octanol–water partition coefficient (Wildman–Crippen LogP) is 2.09. The molecule has 2 amide bonds. The summed E-state index contributed by atoms with van der Waals surface area (Å²) in [6.45, 7) is 6.61. The van der Waals surface area contributed by atoms with Crippen LogP contribution in [0.2, 0.25) is 0 Å². The van der Waals surface area contributed by atoms with E-state index in [1.807, 2.05) is 4.90 Å². The maximum Gasteiger partial charge on any atom is 0.225 e. The molecule has 2 aliphatic rings. The molecule has 2 N–H and O–H groups in total. The number of hydrogen-bond donors (Lipinski definition) is 2. The lowest BCUT2D eigenvalue weighted by atomic mass is 9.96. The van der Waals surface area contributed by atoms with Gasteiger partial charge in [-0.2, -0.15) is 0 Å². The van der Waals surface area contributed by atoms with Crippen LogP contribution in [0.1, 0.15) is 58.8 Å². The van der Waals surface area contributed by atoms with Crippen molar-refractivity contribution in [2.75, 3.05) is 19.6 Å². The van der Waals surface area contributed by atoms with Crippen molar-refractivity contribution in [3.05, 3.63) is 0 Å². The maximum atomic E-state index is 12.4. The summed E-state index contributed by atoms with van der Waals surface area (Å²) in [6, 6.07) is 0.567. The van der Waals surface area contributed by atoms with Gasteiger partial charge in [0.2, 0.25) is 11.8 Å². The summed E-state index contributed by atoms with van der Waals surface area (Å²) in [5, 5.41) is 6.47. The second-order valence-electron chi connectivity index (χ2n) is 6.87. The second-order valence-corrected chi connectivity index (χ2v) is 6.87. The molecule has 23 heavy (non-hydrogen) atoms. The molecule has 0 bridgehead atoms. The Hall–Kier alpha value is -0.810. The third-order valence-electron chi connectivity index (χ3n) is 4.84. The number of amides is 2. The van der Waals surface area contributed by atoms with Crippen molar-refractivity contribution in [2.24, 2.45) is 5.92 Å². The second kappa shape index (κ2) is 10.1. The van der Waals surface area contributed by atoms with Gasteiger partial charge in [0.15, 0.2) is 0 Å². The van der Waals surface area contributed by atoms with E-state index < -0.39 is 0 Å². The Kier molecular flexibility index (Phi) is 8.92. The van der Waals surface area contributed by atoms with Gasteiger partial charge in [0, 0.05) is 31.6 Å². The van der Waals surface area contributed by atoms with Gasteiger partial charge in [-0.15, -0.1) is 12.4 Å². The lowest BCUT2D eigenvalue weighted by molar-refractivity contribution is -0.136. The smallest absolute Gasteiger partial charge is 0.225 e. The molecule has 0 aromatic heterocycles. The van der Waals surface area contributed by atoms with E-state index in [0.717, 1.165) is 51.6 Å². The minimum absolute atomic E-state index is 0. The highest BCUT2D eigenvalue weighted by Gasteiger charge is 2.30. The van der Waals surface area contributed by atoms with Crippen LogP contribution in [0.15, 0.2) is 0 Å². The average molecular weight is 346 g/mol. The first-order valence-electron chi connectivity index (χ1n) is 8.91. The van der Waals surface area contributed by atoms with Gasteiger partial charge < -0.3 is 15.5 Å². The Morgan fingerprint density at radius 3 is 2.74 bits per heavy atom. The first kappa shape index (κ1) is 20.2. The van der Waals surface area contributed by atoms with Gasteiger partial charge in [0.25, 0.3) is 0 Å². The van der Waals surface area contributed by atoms with Crippen LogP contribution in [0.25, 0.3) is 0 Å². The fraction of sp³-hybridized carbons (Fsp3) is 0.882. The quantitative estimate of drug-likeness (QED) is 0.775. The Bertz CT molecular complexity index is 386. The zero-order chi connectivity index (χ0) is 15.9. The van der Waals surface area contributed by atoms with Crippen molar-refractivity contribution in [1.82, 2.24) is 15.5 Å². The monoisotopic (exact) mass is 345 g/mol. The molecule has 2 rings (SSSR count). The number of rotatable bonds is 6. The lowest BCUT2D eigenvalue weighted by Crippen LogP contribution is -2.48. The Labute approximate surface area is 146 Å². The van der Waals surface area contributed by atoms with E-state index in [0.29, 0.717) is 19.0 Å². The zero-order valence-electron chi connectivity index (χ0n) is 14.5. The standard InChI is InChI=1S/C17H31N3O2.ClH/c1-3-6-13(2)19-17(22)14-7-5-10-20(12-14)16(21)11-15-8-4-9-18-15;/h13-15,18H,3-12H2,1-2H3,(H,19,22);1H.